The molecule has 12 heavy (non-hydrogen) atoms. The predicted octanol–water partition coefficient (Wildman–Crippen LogP) is 1.82. The van der Waals surface area contributed by atoms with Crippen LogP contribution in [0.5, 0.6) is 0 Å². The Bertz CT molecular complexity index is 258. The zero-order valence-electron chi connectivity index (χ0n) is 6.63. The van der Waals surface area contributed by atoms with Gasteiger partial charge in [-0.1, -0.05) is 6.92 Å². The van der Waals surface area contributed by atoms with Crippen LogP contribution < -0.4 is 4.73 Å². The van der Waals surface area contributed by atoms with Crippen LogP contribution in [0.15, 0.2) is 24.5 Å². The molecule has 2 nitrogen and oxygen atoms in total. The smallest absolute Gasteiger partial charge is 0.273 e. The number of halogens is 2. The fourth-order valence-corrected chi connectivity index (χ4v) is 0.861. The predicted molar refractivity (Wildman–Crippen MR) is 39.6 cm³/mol. The van der Waals surface area contributed by atoms with Gasteiger partial charge in [0, 0.05) is 24.1 Å². The molecule has 0 atom stereocenters. The third-order valence-corrected chi connectivity index (χ3v) is 1.67. The van der Waals surface area contributed by atoms with E-state index in [2.05, 4.69) is 0 Å². The van der Waals surface area contributed by atoms with Gasteiger partial charge in [-0.25, -0.2) is 8.78 Å². The molecular formula is C8H9F2NO. The number of hydrogen-bond acceptors (Lipinski definition) is 1. The average Bonchev–Trinajstić information content (AvgIpc) is 2.05. The first kappa shape index (κ1) is 8.90. The van der Waals surface area contributed by atoms with Crippen molar-refractivity contribution in [3.63, 3.8) is 0 Å². The van der Waals surface area contributed by atoms with Crippen molar-refractivity contribution < 1.29 is 13.5 Å². The first-order valence-corrected chi connectivity index (χ1v) is 3.63. The molecule has 4 heteroatoms. The SMILES string of the molecule is CCC(F)(F)c1cc[n+]([O-])cc1. The molecule has 0 spiro atoms. The molecule has 0 saturated carbocycles. The first-order valence-electron chi connectivity index (χ1n) is 3.63. The second kappa shape index (κ2) is 3.05. The Hall–Kier alpha value is -1.19. The summed E-state index contributed by atoms with van der Waals surface area (Å²) in [5.74, 6) is -2.83. The molecule has 0 N–H and O–H groups in total. The lowest BCUT2D eigenvalue weighted by molar-refractivity contribution is -0.605. The van der Waals surface area contributed by atoms with E-state index in [1.165, 1.54) is 6.92 Å². The van der Waals surface area contributed by atoms with Gasteiger partial charge in [0.2, 0.25) is 0 Å². The van der Waals surface area contributed by atoms with Crippen molar-refractivity contribution in [3.8, 4) is 0 Å². The number of nitrogens with zero attached hydrogens (tertiary/aromatic N) is 1. The summed E-state index contributed by atoms with van der Waals surface area (Å²) in [7, 11) is 0. The van der Waals surface area contributed by atoms with E-state index < -0.39 is 5.92 Å². The van der Waals surface area contributed by atoms with Gasteiger partial charge in [-0.15, -0.1) is 0 Å². The van der Waals surface area contributed by atoms with Crippen LogP contribution in [0.25, 0.3) is 0 Å². The minimum atomic E-state index is -2.83. The maximum Gasteiger partial charge on any atom is 0.273 e. The molecule has 0 aliphatic rings. The lowest BCUT2D eigenvalue weighted by Crippen LogP contribution is -2.25. The Balaban J connectivity index is 2.96. The van der Waals surface area contributed by atoms with E-state index in [9.17, 15) is 14.0 Å². The topological polar surface area (TPSA) is 26.9 Å². The normalized spacial score (nSPS) is 11.6. The maximum atomic E-state index is 12.9. The zero-order chi connectivity index (χ0) is 9.19. The second-order valence-corrected chi connectivity index (χ2v) is 2.50. The summed E-state index contributed by atoms with van der Waals surface area (Å²) in [6, 6.07) is 2.27. The summed E-state index contributed by atoms with van der Waals surface area (Å²) in [6.07, 6.45) is 1.88. The molecule has 1 heterocycles. The van der Waals surface area contributed by atoms with Crippen molar-refractivity contribution in [1.82, 2.24) is 0 Å². The summed E-state index contributed by atoms with van der Waals surface area (Å²) < 4.78 is 26.3. The van der Waals surface area contributed by atoms with Gasteiger partial charge >= 0.3 is 0 Å². The van der Waals surface area contributed by atoms with Gasteiger partial charge in [-0.3, -0.25) is 0 Å². The number of aromatic nitrogens is 1. The monoisotopic (exact) mass is 173 g/mol. The fraction of sp³-hybridized carbons (Fsp3) is 0.375. The van der Waals surface area contributed by atoms with E-state index >= 15 is 0 Å². The minimum absolute atomic E-state index is 0.114. The van der Waals surface area contributed by atoms with Crippen molar-refractivity contribution in [1.29, 1.82) is 0 Å². The second-order valence-electron chi connectivity index (χ2n) is 2.50. The third kappa shape index (κ3) is 1.69. The van der Waals surface area contributed by atoms with Gasteiger partial charge in [0.15, 0.2) is 12.4 Å². The van der Waals surface area contributed by atoms with E-state index in [0.29, 0.717) is 4.73 Å². The highest BCUT2D eigenvalue weighted by Gasteiger charge is 2.29. The molecule has 66 valence electrons. The molecule has 0 unspecified atom stereocenters. The molecule has 0 bridgehead atoms. The summed E-state index contributed by atoms with van der Waals surface area (Å²) >= 11 is 0. The largest absolute Gasteiger partial charge is 0.619 e. The Morgan fingerprint density at radius 2 is 1.92 bits per heavy atom. The molecule has 0 aliphatic heterocycles. The number of rotatable bonds is 2. The van der Waals surface area contributed by atoms with Crippen LogP contribution in [0.2, 0.25) is 0 Å². The van der Waals surface area contributed by atoms with Gasteiger partial charge < -0.3 is 5.21 Å². The van der Waals surface area contributed by atoms with Gasteiger partial charge in [-0.05, 0) is 0 Å². The van der Waals surface area contributed by atoms with E-state index in [4.69, 9.17) is 0 Å². The van der Waals surface area contributed by atoms with Crippen LogP contribution in [-0.2, 0) is 5.92 Å². The molecule has 0 aliphatic carbocycles. The van der Waals surface area contributed by atoms with Crippen LogP contribution in [0, 0.1) is 5.21 Å². The third-order valence-electron chi connectivity index (χ3n) is 1.67. The van der Waals surface area contributed by atoms with Crippen LogP contribution in [-0.4, -0.2) is 0 Å². The van der Waals surface area contributed by atoms with Crippen molar-refractivity contribution in [2.75, 3.05) is 0 Å². The summed E-state index contributed by atoms with van der Waals surface area (Å²) in [5.41, 5.74) is -0.114. The van der Waals surface area contributed by atoms with Gasteiger partial charge in [0.1, 0.15) is 0 Å². The Morgan fingerprint density at radius 3 is 2.33 bits per heavy atom. The molecular weight excluding hydrogens is 164 g/mol. The lowest BCUT2D eigenvalue weighted by Gasteiger charge is -2.12. The summed E-state index contributed by atoms with van der Waals surface area (Å²) in [5, 5.41) is 10.5. The van der Waals surface area contributed by atoms with Crippen molar-refractivity contribution in [2.45, 2.75) is 19.3 Å². The highest BCUT2D eigenvalue weighted by atomic mass is 19.3. The van der Waals surface area contributed by atoms with Crippen LogP contribution in [0.4, 0.5) is 8.78 Å². The van der Waals surface area contributed by atoms with Crippen LogP contribution in [0.3, 0.4) is 0 Å². The molecule has 1 rings (SSSR count). The Labute approximate surface area is 69.0 Å². The van der Waals surface area contributed by atoms with Gasteiger partial charge in [-0.2, -0.15) is 4.73 Å². The van der Waals surface area contributed by atoms with Crippen molar-refractivity contribution >= 4 is 0 Å². The first-order chi connectivity index (χ1) is 5.56. The van der Waals surface area contributed by atoms with E-state index in [1.54, 1.807) is 0 Å². The Morgan fingerprint density at radius 1 is 1.42 bits per heavy atom. The summed E-state index contributed by atoms with van der Waals surface area (Å²) in [6.45, 7) is 1.40. The Kier molecular flexibility index (Phi) is 2.26. The number of hydrogen-bond donors (Lipinski definition) is 0. The number of alkyl halides is 2. The van der Waals surface area contributed by atoms with Crippen LogP contribution >= 0.6 is 0 Å². The quantitative estimate of drug-likeness (QED) is 0.495. The highest BCUT2D eigenvalue weighted by molar-refractivity contribution is 5.13. The van der Waals surface area contributed by atoms with E-state index in [-0.39, 0.29) is 12.0 Å². The summed E-state index contributed by atoms with van der Waals surface area (Å²) in [4.78, 5) is 0. The van der Waals surface area contributed by atoms with E-state index in [0.717, 1.165) is 24.5 Å². The molecule has 0 saturated heterocycles. The highest BCUT2D eigenvalue weighted by Crippen LogP contribution is 2.29. The van der Waals surface area contributed by atoms with Gasteiger partial charge in [0.05, 0.1) is 0 Å². The molecule has 1 aromatic rings. The fourth-order valence-electron chi connectivity index (χ4n) is 0.861. The number of pyridine rings is 1. The molecule has 0 radical (unpaired) electrons. The average molecular weight is 173 g/mol. The maximum absolute atomic E-state index is 12.9. The minimum Gasteiger partial charge on any atom is -0.619 e. The van der Waals surface area contributed by atoms with Crippen molar-refractivity contribution in [3.05, 3.63) is 35.3 Å². The van der Waals surface area contributed by atoms with Crippen molar-refractivity contribution in [2.24, 2.45) is 0 Å². The zero-order valence-corrected chi connectivity index (χ0v) is 6.63. The molecule has 1 aromatic heterocycles. The standard InChI is InChI=1S/C8H9F2NO/c1-2-8(9,10)7-3-5-11(12)6-4-7/h3-6H,2H2,1H3. The van der Waals surface area contributed by atoms with Crippen LogP contribution in [0.1, 0.15) is 18.9 Å². The molecule has 0 aromatic carbocycles. The molecule has 0 amide bonds. The lowest BCUT2D eigenvalue weighted by atomic mass is 10.1. The van der Waals surface area contributed by atoms with Gasteiger partial charge in [0.25, 0.3) is 5.92 Å². The molecule has 0 fully saturated rings. The van der Waals surface area contributed by atoms with E-state index in [1.807, 2.05) is 0 Å².